The van der Waals surface area contributed by atoms with Crippen molar-refractivity contribution in [1.29, 1.82) is 0 Å². The second-order valence-electron chi connectivity index (χ2n) is 4.32. The topological polar surface area (TPSA) is 41.5 Å². The summed E-state index contributed by atoms with van der Waals surface area (Å²) in [5, 5.41) is 12.4. The lowest BCUT2D eigenvalue weighted by atomic mass is 10.1. The molecule has 0 aliphatic rings. The molecule has 0 heterocycles. The highest BCUT2D eigenvalue weighted by atomic mass is 79.9. The lowest BCUT2D eigenvalue weighted by Gasteiger charge is -2.17. The van der Waals surface area contributed by atoms with Gasteiger partial charge in [-0.25, -0.2) is 0 Å². The average Bonchev–Trinajstić information content (AvgIpc) is 2.38. The Balaban J connectivity index is 2.69. The summed E-state index contributed by atoms with van der Waals surface area (Å²) in [5.41, 5.74) is 1.18. The van der Waals surface area contributed by atoms with Gasteiger partial charge in [0.25, 0.3) is 0 Å². The van der Waals surface area contributed by atoms with E-state index in [1.807, 2.05) is 6.92 Å². The second-order valence-corrected chi connectivity index (χ2v) is 6.03. The first-order chi connectivity index (χ1) is 9.12. The summed E-state index contributed by atoms with van der Waals surface area (Å²) < 4.78 is 7.47. The van der Waals surface area contributed by atoms with Crippen LogP contribution in [-0.2, 0) is 6.54 Å². The minimum absolute atomic E-state index is 0.224. The Morgan fingerprint density at radius 2 is 1.89 bits per heavy atom. The van der Waals surface area contributed by atoms with Gasteiger partial charge in [-0.15, -0.1) is 0 Å². The van der Waals surface area contributed by atoms with Gasteiger partial charge in [0.05, 0.1) is 15.6 Å². The van der Waals surface area contributed by atoms with Crippen molar-refractivity contribution in [2.75, 3.05) is 13.2 Å². The fourth-order valence-electron chi connectivity index (χ4n) is 1.87. The molecule has 1 rings (SSSR count). The van der Waals surface area contributed by atoms with Crippen LogP contribution in [0.1, 0.15) is 32.3 Å². The summed E-state index contributed by atoms with van der Waals surface area (Å²) >= 11 is 7.06. The Labute approximate surface area is 132 Å². The average molecular weight is 395 g/mol. The number of nitrogens with one attached hydrogen (secondary N) is 1. The van der Waals surface area contributed by atoms with E-state index in [9.17, 15) is 0 Å². The van der Waals surface area contributed by atoms with Gasteiger partial charge in [0.1, 0.15) is 5.75 Å². The number of benzene rings is 1. The lowest BCUT2D eigenvalue weighted by Crippen LogP contribution is -2.28. The number of halogens is 2. The SMILES string of the molecule is CCOc1c(Br)cc(CNC(CC)CCO)cc1Br. The molecule has 0 radical (unpaired) electrons. The predicted molar refractivity (Wildman–Crippen MR) is 85.6 cm³/mol. The molecule has 0 aliphatic heterocycles. The van der Waals surface area contributed by atoms with Crippen molar-refractivity contribution in [3.63, 3.8) is 0 Å². The van der Waals surface area contributed by atoms with Crippen molar-refractivity contribution in [2.24, 2.45) is 0 Å². The Morgan fingerprint density at radius 1 is 1.26 bits per heavy atom. The van der Waals surface area contributed by atoms with Crippen molar-refractivity contribution in [3.8, 4) is 5.75 Å². The Morgan fingerprint density at radius 3 is 2.37 bits per heavy atom. The van der Waals surface area contributed by atoms with E-state index in [4.69, 9.17) is 9.84 Å². The molecule has 1 unspecified atom stereocenters. The van der Waals surface area contributed by atoms with Gasteiger partial charge < -0.3 is 15.2 Å². The molecule has 0 spiro atoms. The molecule has 0 fully saturated rings. The summed E-state index contributed by atoms with van der Waals surface area (Å²) in [7, 11) is 0. The minimum atomic E-state index is 0.224. The van der Waals surface area contributed by atoms with Crippen LogP contribution in [0.15, 0.2) is 21.1 Å². The van der Waals surface area contributed by atoms with Crippen LogP contribution in [0.3, 0.4) is 0 Å². The van der Waals surface area contributed by atoms with Crippen LogP contribution in [0.2, 0.25) is 0 Å². The molecule has 1 aromatic carbocycles. The largest absolute Gasteiger partial charge is 0.492 e. The van der Waals surface area contributed by atoms with E-state index >= 15 is 0 Å². The first kappa shape index (κ1) is 17.0. The first-order valence-electron chi connectivity index (χ1n) is 6.57. The molecule has 108 valence electrons. The highest BCUT2D eigenvalue weighted by molar-refractivity contribution is 9.11. The number of hydrogen-bond acceptors (Lipinski definition) is 3. The van der Waals surface area contributed by atoms with E-state index in [2.05, 4.69) is 56.2 Å². The maximum atomic E-state index is 8.98. The van der Waals surface area contributed by atoms with Crippen molar-refractivity contribution >= 4 is 31.9 Å². The van der Waals surface area contributed by atoms with E-state index in [-0.39, 0.29) is 6.61 Å². The van der Waals surface area contributed by atoms with Gasteiger partial charge in [-0.2, -0.15) is 0 Å². The molecular formula is C14H21Br2NO2. The van der Waals surface area contributed by atoms with Crippen LogP contribution in [0, 0.1) is 0 Å². The molecule has 0 aromatic heterocycles. The lowest BCUT2D eigenvalue weighted by molar-refractivity contribution is 0.262. The third kappa shape index (κ3) is 5.42. The Hall–Kier alpha value is -0.100. The molecule has 3 nitrogen and oxygen atoms in total. The molecular weight excluding hydrogens is 374 g/mol. The van der Waals surface area contributed by atoms with E-state index in [0.29, 0.717) is 12.6 Å². The van der Waals surface area contributed by atoms with E-state index in [0.717, 1.165) is 34.1 Å². The third-order valence-corrected chi connectivity index (χ3v) is 4.09. The van der Waals surface area contributed by atoms with Gasteiger partial charge in [0.2, 0.25) is 0 Å². The number of rotatable bonds is 8. The molecule has 0 amide bonds. The summed E-state index contributed by atoms with van der Waals surface area (Å²) in [5.74, 6) is 0.841. The van der Waals surface area contributed by atoms with E-state index in [1.165, 1.54) is 5.56 Å². The Kier molecular flexibility index (Phi) is 7.99. The zero-order valence-corrected chi connectivity index (χ0v) is 14.6. The van der Waals surface area contributed by atoms with Crippen LogP contribution in [0.4, 0.5) is 0 Å². The zero-order valence-electron chi connectivity index (χ0n) is 11.4. The molecule has 0 saturated heterocycles. The van der Waals surface area contributed by atoms with Gasteiger partial charge in [0.15, 0.2) is 0 Å². The fourth-order valence-corrected chi connectivity index (χ4v) is 3.38. The van der Waals surface area contributed by atoms with Crippen molar-refractivity contribution in [3.05, 3.63) is 26.6 Å². The standard InChI is InChI=1S/C14H21Br2NO2/c1-3-11(5-6-18)17-9-10-7-12(15)14(19-4-2)13(16)8-10/h7-8,11,17-18H,3-6,9H2,1-2H3. The molecule has 19 heavy (non-hydrogen) atoms. The van der Waals surface area contributed by atoms with Gasteiger partial charge in [-0.1, -0.05) is 6.92 Å². The molecule has 0 aliphatic carbocycles. The zero-order chi connectivity index (χ0) is 14.3. The van der Waals surface area contributed by atoms with Crippen LogP contribution in [0.25, 0.3) is 0 Å². The monoisotopic (exact) mass is 393 g/mol. The highest BCUT2D eigenvalue weighted by Gasteiger charge is 2.10. The molecule has 0 saturated carbocycles. The number of aliphatic hydroxyl groups is 1. The summed E-state index contributed by atoms with van der Waals surface area (Å²) in [6, 6.07) is 4.48. The molecule has 2 N–H and O–H groups in total. The minimum Gasteiger partial charge on any atom is -0.492 e. The summed E-state index contributed by atoms with van der Waals surface area (Å²) in [4.78, 5) is 0. The summed E-state index contributed by atoms with van der Waals surface area (Å²) in [6.07, 6.45) is 1.80. The van der Waals surface area contributed by atoms with Gasteiger partial charge in [-0.3, -0.25) is 0 Å². The third-order valence-electron chi connectivity index (χ3n) is 2.91. The number of aliphatic hydroxyl groups excluding tert-OH is 1. The van der Waals surface area contributed by atoms with Crippen molar-refractivity contribution < 1.29 is 9.84 Å². The molecule has 5 heteroatoms. The quantitative estimate of drug-likeness (QED) is 0.703. The van der Waals surface area contributed by atoms with E-state index < -0.39 is 0 Å². The smallest absolute Gasteiger partial charge is 0.147 e. The molecule has 1 aromatic rings. The van der Waals surface area contributed by atoms with Crippen molar-refractivity contribution in [2.45, 2.75) is 39.3 Å². The van der Waals surface area contributed by atoms with Gasteiger partial charge in [-0.05, 0) is 69.3 Å². The normalized spacial score (nSPS) is 12.5. The van der Waals surface area contributed by atoms with Crippen LogP contribution < -0.4 is 10.1 Å². The second kappa shape index (κ2) is 8.95. The van der Waals surface area contributed by atoms with Gasteiger partial charge >= 0.3 is 0 Å². The maximum Gasteiger partial charge on any atom is 0.147 e. The maximum absolute atomic E-state index is 8.98. The van der Waals surface area contributed by atoms with Crippen LogP contribution in [0.5, 0.6) is 5.75 Å². The fraction of sp³-hybridized carbons (Fsp3) is 0.571. The number of ether oxygens (including phenoxy) is 1. The van der Waals surface area contributed by atoms with Crippen molar-refractivity contribution in [1.82, 2.24) is 5.32 Å². The number of hydrogen-bond donors (Lipinski definition) is 2. The predicted octanol–water partition coefficient (Wildman–Crippen LogP) is 3.86. The summed E-state index contributed by atoms with van der Waals surface area (Å²) in [6.45, 7) is 5.74. The van der Waals surface area contributed by atoms with E-state index in [1.54, 1.807) is 0 Å². The van der Waals surface area contributed by atoms with Crippen LogP contribution in [-0.4, -0.2) is 24.4 Å². The van der Waals surface area contributed by atoms with Crippen LogP contribution >= 0.6 is 31.9 Å². The molecule has 0 bridgehead atoms. The molecule has 1 atom stereocenters. The van der Waals surface area contributed by atoms with Gasteiger partial charge in [0, 0.05) is 19.2 Å². The highest BCUT2D eigenvalue weighted by Crippen LogP contribution is 2.34. The first-order valence-corrected chi connectivity index (χ1v) is 8.15. The Bertz CT molecular complexity index is 376.